The Bertz CT molecular complexity index is 797. The fourth-order valence-electron chi connectivity index (χ4n) is 2.86. The molecule has 0 unspecified atom stereocenters. The van der Waals surface area contributed by atoms with Crippen LogP contribution in [-0.2, 0) is 9.53 Å². The van der Waals surface area contributed by atoms with Crippen LogP contribution in [-0.4, -0.2) is 53.4 Å². The Balaban J connectivity index is 1.39. The SMILES string of the molecule is C[C@@H](COC1CC(COc2ccc3nc(OCC(F)F)sc3n2)C1)CC(=O)O. The molecular weight excluding hydrogens is 394 g/mol. The number of rotatable bonds is 11. The van der Waals surface area contributed by atoms with E-state index in [9.17, 15) is 13.6 Å². The molecule has 2 aromatic rings. The van der Waals surface area contributed by atoms with E-state index < -0.39 is 19.0 Å². The summed E-state index contributed by atoms with van der Waals surface area (Å²) in [7, 11) is 0. The van der Waals surface area contributed by atoms with Crippen LogP contribution in [0.3, 0.4) is 0 Å². The van der Waals surface area contributed by atoms with E-state index in [2.05, 4.69) is 9.97 Å². The first-order valence-electron chi connectivity index (χ1n) is 9.03. The van der Waals surface area contributed by atoms with Gasteiger partial charge in [-0.05, 0) is 30.7 Å². The van der Waals surface area contributed by atoms with Gasteiger partial charge in [-0.3, -0.25) is 4.79 Å². The van der Waals surface area contributed by atoms with Gasteiger partial charge in [-0.2, -0.15) is 0 Å². The quantitative estimate of drug-likeness (QED) is 0.598. The van der Waals surface area contributed by atoms with E-state index >= 15 is 0 Å². The van der Waals surface area contributed by atoms with Crippen molar-refractivity contribution in [1.29, 1.82) is 0 Å². The summed E-state index contributed by atoms with van der Waals surface area (Å²) in [5.74, 6) is 0.00600. The number of carbonyl (C=O) groups is 1. The molecule has 0 saturated heterocycles. The van der Waals surface area contributed by atoms with Crippen molar-refractivity contribution in [2.45, 2.75) is 38.7 Å². The van der Waals surface area contributed by atoms with Crippen LogP contribution in [0.4, 0.5) is 8.78 Å². The number of thiazole rings is 1. The molecule has 1 fully saturated rings. The zero-order valence-electron chi connectivity index (χ0n) is 15.3. The molecule has 0 radical (unpaired) electrons. The van der Waals surface area contributed by atoms with Crippen molar-refractivity contribution >= 4 is 27.7 Å². The van der Waals surface area contributed by atoms with E-state index in [1.54, 1.807) is 12.1 Å². The van der Waals surface area contributed by atoms with Crippen molar-refractivity contribution in [2.75, 3.05) is 19.8 Å². The lowest BCUT2D eigenvalue weighted by molar-refractivity contribution is -0.139. The van der Waals surface area contributed by atoms with E-state index in [0.29, 0.717) is 35.4 Å². The predicted molar refractivity (Wildman–Crippen MR) is 98.3 cm³/mol. The average molecular weight is 416 g/mol. The number of pyridine rings is 1. The molecule has 1 N–H and O–H groups in total. The number of ether oxygens (including phenoxy) is 3. The van der Waals surface area contributed by atoms with Crippen LogP contribution in [0.1, 0.15) is 26.2 Å². The number of carboxylic acid groups (broad SMARTS) is 1. The molecule has 1 aliphatic rings. The summed E-state index contributed by atoms with van der Waals surface area (Å²) < 4.78 is 40.8. The maximum atomic E-state index is 12.2. The minimum Gasteiger partial charge on any atom is -0.481 e. The molecule has 2 heterocycles. The van der Waals surface area contributed by atoms with Crippen LogP contribution in [0.15, 0.2) is 12.1 Å². The molecule has 1 saturated carbocycles. The van der Waals surface area contributed by atoms with E-state index in [0.717, 1.165) is 24.2 Å². The van der Waals surface area contributed by atoms with Crippen molar-refractivity contribution in [3.63, 3.8) is 0 Å². The second-order valence-electron chi connectivity index (χ2n) is 6.96. The van der Waals surface area contributed by atoms with Gasteiger partial charge in [-0.25, -0.2) is 18.7 Å². The van der Waals surface area contributed by atoms with Gasteiger partial charge in [0.25, 0.3) is 11.6 Å². The van der Waals surface area contributed by atoms with Gasteiger partial charge < -0.3 is 19.3 Å². The van der Waals surface area contributed by atoms with Crippen LogP contribution in [0.2, 0.25) is 0 Å². The fourth-order valence-corrected chi connectivity index (χ4v) is 3.65. The van der Waals surface area contributed by atoms with Gasteiger partial charge in [-0.15, -0.1) is 0 Å². The molecule has 0 amide bonds. The van der Waals surface area contributed by atoms with E-state index in [1.807, 2.05) is 6.92 Å². The summed E-state index contributed by atoms with van der Waals surface area (Å²) in [5, 5.41) is 8.90. The smallest absolute Gasteiger partial charge is 0.303 e. The number of hydrogen-bond donors (Lipinski definition) is 1. The summed E-state index contributed by atoms with van der Waals surface area (Å²) in [6.45, 7) is 2.13. The molecule has 0 aliphatic heterocycles. The monoisotopic (exact) mass is 416 g/mol. The number of carboxylic acids is 1. The molecule has 0 spiro atoms. The van der Waals surface area contributed by atoms with Gasteiger partial charge in [0.05, 0.1) is 25.7 Å². The van der Waals surface area contributed by atoms with Gasteiger partial charge in [0, 0.05) is 6.07 Å². The van der Waals surface area contributed by atoms with Crippen LogP contribution >= 0.6 is 11.3 Å². The number of aliphatic carboxylic acids is 1. The van der Waals surface area contributed by atoms with Gasteiger partial charge in [0.1, 0.15) is 5.52 Å². The number of alkyl halides is 2. The summed E-state index contributed by atoms with van der Waals surface area (Å²) in [6.07, 6.45) is -0.548. The zero-order chi connectivity index (χ0) is 20.1. The largest absolute Gasteiger partial charge is 0.481 e. The summed E-state index contributed by atoms with van der Waals surface area (Å²) in [4.78, 5) is 19.6. The Morgan fingerprint density at radius 3 is 2.79 bits per heavy atom. The highest BCUT2D eigenvalue weighted by Crippen LogP contribution is 2.32. The average Bonchev–Trinajstić information content (AvgIpc) is 2.99. The molecule has 1 aliphatic carbocycles. The number of nitrogens with zero attached hydrogens (tertiary/aromatic N) is 2. The molecule has 2 aromatic heterocycles. The van der Waals surface area contributed by atoms with E-state index in [-0.39, 0.29) is 23.6 Å². The Hall–Kier alpha value is -2.07. The second kappa shape index (κ2) is 9.42. The maximum absolute atomic E-state index is 12.2. The molecule has 1 atom stereocenters. The first kappa shape index (κ1) is 20.7. The molecule has 154 valence electrons. The van der Waals surface area contributed by atoms with Crippen molar-refractivity contribution in [2.24, 2.45) is 11.8 Å². The third-order valence-corrected chi connectivity index (χ3v) is 5.22. The third-order valence-electron chi connectivity index (χ3n) is 4.34. The van der Waals surface area contributed by atoms with Crippen LogP contribution in [0.25, 0.3) is 10.3 Å². The maximum Gasteiger partial charge on any atom is 0.303 e. The van der Waals surface area contributed by atoms with Crippen molar-refractivity contribution in [3.05, 3.63) is 12.1 Å². The van der Waals surface area contributed by atoms with Crippen molar-refractivity contribution in [1.82, 2.24) is 9.97 Å². The highest BCUT2D eigenvalue weighted by atomic mass is 32.1. The van der Waals surface area contributed by atoms with Gasteiger partial charge in [0.2, 0.25) is 5.88 Å². The first-order valence-corrected chi connectivity index (χ1v) is 9.85. The minimum atomic E-state index is -2.55. The van der Waals surface area contributed by atoms with Gasteiger partial charge >= 0.3 is 5.97 Å². The highest BCUT2D eigenvalue weighted by Gasteiger charge is 2.31. The molecular formula is C18H22F2N2O5S. The summed E-state index contributed by atoms with van der Waals surface area (Å²) in [6, 6.07) is 3.42. The Labute approximate surface area is 164 Å². The zero-order valence-corrected chi connectivity index (χ0v) is 16.2. The second-order valence-corrected chi connectivity index (χ2v) is 7.90. The Morgan fingerprint density at radius 2 is 2.07 bits per heavy atom. The molecule has 10 heteroatoms. The van der Waals surface area contributed by atoms with E-state index in [4.69, 9.17) is 19.3 Å². The Kier molecular flexibility index (Phi) is 6.95. The summed E-state index contributed by atoms with van der Waals surface area (Å²) >= 11 is 1.10. The lowest BCUT2D eigenvalue weighted by Crippen LogP contribution is -2.36. The predicted octanol–water partition coefficient (Wildman–Crippen LogP) is 3.62. The minimum absolute atomic E-state index is 0.00213. The summed E-state index contributed by atoms with van der Waals surface area (Å²) in [5.41, 5.74) is 0.578. The molecule has 28 heavy (non-hydrogen) atoms. The molecule has 7 nitrogen and oxygen atoms in total. The molecule has 3 rings (SSSR count). The van der Waals surface area contributed by atoms with Crippen LogP contribution in [0.5, 0.6) is 11.1 Å². The fraction of sp³-hybridized carbons (Fsp3) is 0.611. The van der Waals surface area contributed by atoms with Crippen LogP contribution < -0.4 is 9.47 Å². The van der Waals surface area contributed by atoms with Crippen molar-refractivity contribution < 1.29 is 32.9 Å². The van der Waals surface area contributed by atoms with Gasteiger partial charge in [-0.1, -0.05) is 18.3 Å². The van der Waals surface area contributed by atoms with Crippen molar-refractivity contribution in [3.8, 4) is 11.1 Å². The normalized spacial score (nSPS) is 20.1. The van der Waals surface area contributed by atoms with Gasteiger partial charge in [0.15, 0.2) is 11.4 Å². The lowest BCUT2D eigenvalue weighted by Gasteiger charge is -2.35. The number of halogens is 2. The third kappa shape index (κ3) is 5.96. The highest BCUT2D eigenvalue weighted by molar-refractivity contribution is 7.19. The standard InChI is InChI=1S/C18H22F2N2O5S/c1-10(4-16(23)24)7-25-12-5-11(6-12)8-26-15-3-2-13-17(22-15)28-18(21-13)27-9-14(19)20/h2-3,10-12,14H,4-9H2,1H3,(H,23,24)/t10-,11?,12?/m1/s1. The first-order chi connectivity index (χ1) is 13.4. The lowest BCUT2D eigenvalue weighted by atomic mass is 9.83. The molecule has 0 aromatic carbocycles. The van der Waals surface area contributed by atoms with E-state index in [1.165, 1.54) is 0 Å². The number of hydrogen-bond acceptors (Lipinski definition) is 7. The number of aromatic nitrogens is 2. The Morgan fingerprint density at radius 1 is 1.29 bits per heavy atom. The molecule has 0 bridgehead atoms. The topological polar surface area (TPSA) is 90.8 Å². The number of fused-ring (bicyclic) bond motifs is 1. The van der Waals surface area contributed by atoms with Crippen LogP contribution in [0, 0.1) is 11.8 Å².